The van der Waals surface area contributed by atoms with E-state index in [1.807, 2.05) is 69.3 Å². The Labute approximate surface area is 190 Å². The maximum Gasteiger partial charge on any atom is 0.338 e. The molecule has 0 aromatic heterocycles. The second-order valence-corrected chi connectivity index (χ2v) is 8.60. The number of ether oxygens (including phenoxy) is 3. The molecule has 3 rings (SSSR count). The van der Waals surface area contributed by atoms with Gasteiger partial charge in [-0.15, -0.1) is 0 Å². The molecule has 5 heteroatoms. The summed E-state index contributed by atoms with van der Waals surface area (Å²) in [7, 11) is 3.33. The van der Waals surface area contributed by atoms with Crippen LogP contribution in [0.4, 0.5) is 5.69 Å². The van der Waals surface area contributed by atoms with Crippen LogP contribution in [0, 0.1) is 0 Å². The summed E-state index contributed by atoms with van der Waals surface area (Å²) < 4.78 is 16.0. The van der Waals surface area contributed by atoms with Crippen molar-refractivity contribution in [2.75, 3.05) is 19.1 Å². The van der Waals surface area contributed by atoms with Crippen LogP contribution in [0.2, 0.25) is 0 Å². The summed E-state index contributed by atoms with van der Waals surface area (Å²) >= 11 is 0. The van der Waals surface area contributed by atoms with Crippen LogP contribution in [0.3, 0.4) is 0 Å². The third kappa shape index (κ3) is 6.51. The van der Waals surface area contributed by atoms with Crippen molar-refractivity contribution < 1.29 is 19.0 Å². The van der Waals surface area contributed by atoms with Crippen molar-refractivity contribution in [3.05, 3.63) is 89.5 Å². The van der Waals surface area contributed by atoms with Gasteiger partial charge < -0.3 is 19.1 Å². The monoisotopic (exact) mass is 433 g/mol. The highest BCUT2D eigenvalue weighted by atomic mass is 16.6. The van der Waals surface area contributed by atoms with Crippen molar-refractivity contribution in [2.45, 2.75) is 39.5 Å². The van der Waals surface area contributed by atoms with E-state index in [9.17, 15) is 4.79 Å². The normalized spacial score (nSPS) is 11.0. The van der Waals surface area contributed by atoms with E-state index >= 15 is 0 Å². The maximum absolute atomic E-state index is 12.4. The predicted molar refractivity (Wildman–Crippen MR) is 127 cm³/mol. The molecule has 32 heavy (non-hydrogen) atoms. The van der Waals surface area contributed by atoms with Gasteiger partial charge in [0.05, 0.1) is 19.8 Å². The highest BCUT2D eigenvalue weighted by Crippen LogP contribution is 2.24. The van der Waals surface area contributed by atoms with Crippen LogP contribution in [0.1, 0.15) is 42.3 Å². The molecule has 0 radical (unpaired) electrons. The summed E-state index contributed by atoms with van der Waals surface area (Å²) in [6.07, 6.45) is 0. The van der Waals surface area contributed by atoms with Gasteiger partial charge in [-0.1, -0.05) is 24.3 Å². The molecule has 0 aliphatic heterocycles. The van der Waals surface area contributed by atoms with Crippen LogP contribution in [0.15, 0.2) is 72.8 Å². The van der Waals surface area contributed by atoms with E-state index in [-0.39, 0.29) is 5.97 Å². The van der Waals surface area contributed by atoms with E-state index in [1.165, 1.54) is 0 Å². The van der Waals surface area contributed by atoms with Gasteiger partial charge in [-0.2, -0.15) is 0 Å². The molecule has 0 bridgehead atoms. The Hall–Kier alpha value is -3.47. The zero-order valence-electron chi connectivity index (χ0n) is 19.4. The van der Waals surface area contributed by atoms with Gasteiger partial charge >= 0.3 is 5.97 Å². The molecular formula is C27H31NO4. The molecule has 0 aliphatic carbocycles. The molecule has 168 valence electrons. The van der Waals surface area contributed by atoms with Crippen molar-refractivity contribution in [3.8, 4) is 11.5 Å². The summed E-state index contributed by atoms with van der Waals surface area (Å²) in [6, 6.07) is 23.7. The summed E-state index contributed by atoms with van der Waals surface area (Å²) in [5.74, 6) is 1.34. The lowest BCUT2D eigenvalue weighted by atomic mass is 10.1. The Morgan fingerprint density at radius 3 is 1.53 bits per heavy atom. The van der Waals surface area contributed by atoms with Crippen LogP contribution in [0.5, 0.6) is 11.5 Å². The topological polar surface area (TPSA) is 48.0 Å². The van der Waals surface area contributed by atoms with E-state index in [4.69, 9.17) is 14.2 Å². The van der Waals surface area contributed by atoms with E-state index in [0.29, 0.717) is 18.7 Å². The van der Waals surface area contributed by atoms with Crippen molar-refractivity contribution >= 4 is 11.7 Å². The molecule has 3 aromatic carbocycles. The Morgan fingerprint density at radius 2 is 1.16 bits per heavy atom. The van der Waals surface area contributed by atoms with Crippen molar-refractivity contribution in [1.29, 1.82) is 0 Å². The van der Waals surface area contributed by atoms with Crippen molar-refractivity contribution in [1.82, 2.24) is 0 Å². The predicted octanol–water partition coefficient (Wildman–Crippen LogP) is 5.87. The molecule has 3 aromatic rings. The second kappa shape index (κ2) is 10.2. The highest BCUT2D eigenvalue weighted by molar-refractivity contribution is 5.90. The van der Waals surface area contributed by atoms with Gasteiger partial charge in [0, 0.05) is 18.8 Å². The third-order valence-corrected chi connectivity index (χ3v) is 4.93. The average molecular weight is 434 g/mol. The first-order valence-electron chi connectivity index (χ1n) is 10.6. The minimum atomic E-state index is -0.523. The number of methoxy groups -OCH3 is 2. The molecule has 0 saturated heterocycles. The summed E-state index contributed by atoms with van der Waals surface area (Å²) in [4.78, 5) is 14.7. The van der Waals surface area contributed by atoms with Gasteiger partial charge in [-0.3, -0.25) is 0 Å². The average Bonchev–Trinajstić information content (AvgIpc) is 2.78. The fourth-order valence-corrected chi connectivity index (χ4v) is 3.29. The Balaban J connectivity index is 1.83. The Bertz CT molecular complexity index is 954. The molecular weight excluding hydrogens is 402 g/mol. The molecule has 0 amide bonds. The minimum Gasteiger partial charge on any atom is -0.497 e. The van der Waals surface area contributed by atoms with Gasteiger partial charge in [0.15, 0.2) is 0 Å². The van der Waals surface area contributed by atoms with Crippen LogP contribution >= 0.6 is 0 Å². The van der Waals surface area contributed by atoms with Gasteiger partial charge in [0.2, 0.25) is 0 Å². The number of carbonyl (C=O) groups is 1. The lowest BCUT2D eigenvalue weighted by molar-refractivity contribution is 0.00695. The molecule has 0 fully saturated rings. The quantitative estimate of drug-likeness (QED) is 0.416. The third-order valence-electron chi connectivity index (χ3n) is 4.93. The lowest BCUT2D eigenvalue weighted by Gasteiger charge is -2.26. The van der Waals surface area contributed by atoms with Gasteiger partial charge in [-0.05, 0) is 80.4 Å². The highest BCUT2D eigenvalue weighted by Gasteiger charge is 2.18. The molecule has 0 unspecified atom stereocenters. The summed E-state index contributed by atoms with van der Waals surface area (Å²) in [5, 5.41) is 0. The molecule has 0 spiro atoms. The van der Waals surface area contributed by atoms with Gasteiger partial charge in [0.25, 0.3) is 0 Å². The number of rotatable bonds is 8. The standard InChI is InChI=1S/C27H31NO4/c1-27(2,3)32-26(29)22-10-12-23(13-11-22)28(18-20-6-14-24(30-4)15-7-20)19-21-8-16-25(31-5)17-9-21/h6-17H,18-19H2,1-5H3. The van der Waals surface area contributed by atoms with Gasteiger partial charge in [0.1, 0.15) is 17.1 Å². The van der Waals surface area contributed by atoms with Gasteiger partial charge in [-0.25, -0.2) is 4.79 Å². The van der Waals surface area contributed by atoms with Crippen LogP contribution in [0.25, 0.3) is 0 Å². The first kappa shape index (κ1) is 23.2. The van der Waals surface area contributed by atoms with E-state index in [0.717, 1.165) is 28.3 Å². The van der Waals surface area contributed by atoms with E-state index in [2.05, 4.69) is 29.2 Å². The number of anilines is 1. The molecule has 0 heterocycles. The Kier molecular flexibility index (Phi) is 7.41. The van der Waals surface area contributed by atoms with Crippen molar-refractivity contribution in [2.24, 2.45) is 0 Å². The zero-order chi connectivity index (χ0) is 23.1. The SMILES string of the molecule is COc1ccc(CN(Cc2ccc(OC)cc2)c2ccc(C(=O)OC(C)(C)C)cc2)cc1. The van der Waals surface area contributed by atoms with Crippen LogP contribution in [-0.4, -0.2) is 25.8 Å². The Morgan fingerprint density at radius 1 is 0.719 bits per heavy atom. The number of esters is 1. The zero-order valence-corrected chi connectivity index (χ0v) is 19.4. The number of nitrogens with zero attached hydrogens (tertiary/aromatic N) is 1. The first-order valence-corrected chi connectivity index (χ1v) is 10.6. The first-order chi connectivity index (χ1) is 15.3. The largest absolute Gasteiger partial charge is 0.497 e. The molecule has 0 saturated carbocycles. The van der Waals surface area contributed by atoms with Crippen LogP contribution in [-0.2, 0) is 17.8 Å². The second-order valence-electron chi connectivity index (χ2n) is 8.60. The smallest absolute Gasteiger partial charge is 0.338 e. The lowest BCUT2D eigenvalue weighted by Crippen LogP contribution is -2.24. The van der Waals surface area contributed by atoms with E-state index in [1.54, 1.807) is 14.2 Å². The number of hydrogen-bond acceptors (Lipinski definition) is 5. The summed E-state index contributed by atoms with van der Waals surface area (Å²) in [5.41, 5.74) is 3.36. The molecule has 0 aliphatic rings. The molecule has 5 nitrogen and oxygen atoms in total. The fraction of sp³-hybridized carbons (Fsp3) is 0.296. The van der Waals surface area contributed by atoms with Crippen molar-refractivity contribution in [3.63, 3.8) is 0 Å². The molecule has 0 atom stereocenters. The number of benzene rings is 3. The van der Waals surface area contributed by atoms with E-state index < -0.39 is 5.60 Å². The molecule has 0 N–H and O–H groups in total. The number of hydrogen-bond donors (Lipinski definition) is 0. The maximum atomic E-state index is 12.4. The van der Waals surface area contributed by atoms with Crippen LogP contribution < -0.4 is 14.4 Å². The summed E-state index contributed by atoms with van der Waals surface area (Å²) in [6.45, 7) is 7.02. The number of carbonyl (C=O) groups excluding carboxylic acids is 1. The fourth-order valence-electron chi connectivity index (χ4n) is 3.29. The minimum absolute atomic E-state index is 0.319.